The Morgan fingerprint density at radius 3 is 2.25 bits per heavy atom. The number of rotatable bonds is 3. The zero-order valence-corrected chi connectivity index (χ0v) is 13.9. The third-order valence-corrected chi connectivity index (χ3v) is 5.74. The molecule has 2 aromatic carbocycles. The van der Waals surface area contributed by atoms with Gasteiger partial charge in [0, 0.05) is 24.2 Å². The number of halogens is 1. The minimum Gasteiger partial charge on any atom is -0.385 e. The van der Waals surface area contributed by atoms with Crippen molar-refractivity contribution < 1.29 is 9.50 Å². The maximum absolute atomic E-state index is 14.3. The second-order valence-corrected chi connectivity index (χ2v) is 7.32. The molecule has 4 rings (SSSR count). The van der Waals surface area contributed by atoms with Crippen LogP contribution in [0.2, 0.25) is 0 Å². The predicted octanol–water partition coefficient (Wildman–Crippen LogP) is 4.23. The van der Waals surface area contributed by atoms with E-state index in [9.17, 15) is 9.50 Å². The minimum absolute atomic E-state index is 0.283. The molecular formula is C21H24FNO. The molecule has 2 aliphatic rings. The van der Waals surface area contributed by atoms with Gasteiger partial charge in [-0.15, -0.1) is 0 Å². The van der Waals surface area contributed by atoms with Crippen molar-refractivity contribution in [3.63, 3.8) is 0 Å². The van der Waals surface area contributed by atoms with E-state index in [2.05, 4.69) is 29.2 Å². The molecule has 2 atom stereocenters. The average molecular weight is 325 g/mol. The van der Waals surface area contributed by atoms with Crippen LogP contribution in [0.4, 0.5) is 4.39 Å². The maximum atomic E-state index is 14.3. The van der Waals surface area contributed by atoms with Crippen LogP contribution in [0.3, 0.4) is 0 Å². The summed E-state index contributed by atoms with van der Waals surface area (Å²) in [5.41, 5.74) is 0.751. The van der Waals surface area contributed by atoms with E-state index in [1.807, 2.05) is 12.1 Å². The molecule has 2 heterocycles. The Hall–Kier alpha value is -1.71. The van der Waals surface area contributed by atoms with Crippen LogP contribution in [0.1, 0.15) is 43.2 Å². The van der Waals surface area contributed by atoms with Gasteiger partial charge < -0.3 is 5.11 Å². The lowest BCUT2D eigenvalue weighted by Gasteiger charge is -2.52. The van der Waals surface area contributed by atoms with Gasteiger partial charge in [0.2, 0.25) is 0 Å². The SMILES string of the molecule is OC1(c2ccccc2F)CC2CCCC(C1)N2Cc1ccccc1. The van der Waals surface area contributed by atoms with Crippen LogP contribution in [0, 0.1) is 5.82 Å². The quantitative estimate of drug-likeness (QED) is 0.913. The zero-order chi connectivity index (χ0) is 16.6. The van der Waals surface area contributed by atoms with Crippen molar-refractivity contribution in [3.05, 3.63) is 71.5 Å². The van der Waals surface area contributed by atoms with Gasteiger partial charge in [-0.25, -0.2) is 4.39 Å². The first-order valence-electron chi connectivity index (χ1n) is 8.93. The van der Waals surface area contributed by atoms with Crippen molar-refractivity contribution in [3.8, 4) is 0 Å². The number of benzene rings is 2. The van der Waals surface area contributed by atoms with Crippen LogP contribution < -0.4 is 0 Å². The number of nitrogens with zero attached hydrogens (tertiary/aromatic N) is 1. The van der Waals surface area contributed by atoms with E-state index >= 15 is 0 Å². The standard InChI is InChI=1S/C21H24FNO/c22-20-12-5-4-11-19(20)21(24)13-17-9-6-10-18(14-21)23(17)15-16-7-2-1-3-8-16/h1-5,7-8,11-12,17-18,24H,6,9-10,13-15H2. The fourth-order valence-electron chi connectivity index (χ4n) is 4.63. The third kappa shape index (κ3) is 2.87. The highest BCUT2D eigenvalue weighted by molar-refractivity contribution is 5.26. The molecule has 2 fully saturated rings. The summed E-state index contributed by atoms with van der Waals surface area (Å²) in [6.07, 6.45) is 4.61. The fraction of sp³-hybridized carbons (Fsp3) is 0.429. The molecule has 0 aromatic heterocycles. The summed E-state index contributed by atoms with van der Waals surface area (Å²) in [5, 5.41) is 11.2. The van der Waals surface area contributed by atoms with Gasteiger partial charge in [-0.3, -0.25) is 4.90 Å². The van der Waals surface area contributed by atoms with E-state index in [1.165, 1.54) is 18.1 Å². The van der Waals surface area contributed by atoms with Gasteiger partial charge in [-0.1, -0.05) is 55.0 Å². The van der Waals surface area contributed by atoms with Gasteiger partial charge in [0.15, 0.2) is 0 Å². The topological polar surface area (TPSA) is 23.5 Å². The summed E-state index contributed by atoms with van der Waals surface area (Å²) in [7, 11) is 0. The minimum atomic E-state index is -1.03. The summed E-state index contributed by atoms with van der Waals surface area (Å²) < 4.78 is 14.3. The number of fused-ring (bicyclic) bond motifs is 2. The third-order valence-electron chi connectivity index (χ3n) is 5.74. The van der Waals surface area contributed by atoms with E-state index in [1.54, 1.807) is 12.1 Å². The van der Waals surface area contributed by atoms with Crippen LogP contribution in [0.15, 0.2) is 54.6 Å². The first kappa shape index (κ1) is 15.8. The lowest BCUT2D eigenvalue weighted by Crippen LogP contribution is -2.56. The molecule has 0 radical (unpaired) electrons. The number of piperidine rings is 2. The Morgan fingerprint density at radius 2 is 1.58 bits per heavy atom. The number of hydrogen-bond donors (Lipinski definition) is 1. The van der Waals surface area contributed by atoms with E-state index in [-0.39, 0.29) is 5.82 Å². The molecule has 0 saturated carbocycles. The van der Waals surface area contributed by atoms with E-state index < -0.39 is 5.60 Å². The monoisotopic (exact) mass is 325 g/mol. The molecule has 126 valence electrons. The van der Waals surface area contributed by atoms with E-state index in [0.717, 1.165) is 19.4 Å². The van der Waals surface area contributed by atoms with Crippen molar-refractivity contribution in [1.82, 2.24) is 4.90 Å². The van der Waals surface area contributed by atoms with Crippen molar-refractivity contribution in [2.75, 3.05) is 0 Å². The van der Waals surface area contributed by atoms with E-state index in [0.29, 0.717) is 30.5 Å². The molecular weight excluding hydrogens is 301 g/mol. The Balaban J connectivity index is 1.60. The predicted molar refractivity (Wildman–Crippen MR) is 92.9 cm³/mol. The van der Waals surface area contributed by atoms with Gasteiger partial charge in [0.05, 0.1) is 5.60 Å². The van der Waals surface area contributed by atoms with Crippen LogP contribution in [0.25, 0.3) is 0 Å². The molecule has 2 aliphatic heterocycles. The smallest absolute Gasteiger partial charge is 0.129 e. The average Bonchev–Trinajstić information content (AvgIpc) is 2.57. The van der Waals surface area contributed by atoms with Crippen molar-refractivity contribution in [2.24, 2.45) is 0 Å². The summed E-state index contributed by atoms with van der Waals surface area (Å²) in [4.78, 5) is 2.54. The van der Waals surface area contributed by atoms with Gasteiger partial charge >= 0.3 is 0 Å². The highest BCUT2D eigenvalue weighted by Gasteiger charge is 2.47. The molecule has 2 bridgehead atoms. The summed E-state index contributed by atoms with van der Waals surface area (Å²) in [6.45, 7) is 0.920. The number of aliphatic hydroxyl groups is 1. The van der Waals surface area contributed by atoms with Gasteiger partial charge in [0.1, 0.15) is 5.82 Å². The summed E-state index contributed by atoms with van der Waals surface area (Å²) >= 11 is 0. The molecule has 0 aliphatic carbocycles. The first-order chi connectivity index (χ1) is 11.7. The Bertz CT molecular complexity index is 688. The Labute approximate surface area is 142 Å². The van der Waals surface area contributed by atoms with Crippen molar-refractivity contribution in [1.29, 1.82) is 0 Å². The second-order valence-electron chi connectivity index (χ2n) is 7.32. The second kappa shape index (κ2) is 6.30. The highest BCUT2D eigenvalue weighted by Crippen LogP contribution is 2.45. The Kier molecular flexibility index (Phi) is 4.15. The highest BCUT2D eigenvalue weighted by atomic mass is 19.1. The van der Waals surface area contributed by atoms with Crippen LogP contribution in [0.5, 0.6) is 0 Å². The summed E-state index contributed by atoms with van der Waals surface area (Å²) in [6, 6.07) is 17.9. The lowest BCUT2D eigenvalue weighted by molar-refractivity contribution is -0.101. The van der Waals surface area contributed by atoms with Crippen LogP contribution >= 0.6 is 0 Å². The molecule has 0 amide bonds. The normalized spacial score (nSPS) is 30.2. The largest absolute Gasteiger partial charge is 0.385 e. The molecule has 2 saturated heterocycles. The fourth-order valence-corrected chi connectivity index (χ4v) is 4.63. The molecule has 3 heteroatoms. The molecule has 1 N–H and O–H groups in total. The van der Waals surface area contributed by atoms with Crippen molar-refractivity contribution in [2.45, 2.75) is 56.3 Å². The molecule has 24 heavy (non-hydrogen) atoms. The molecule has 2 nitrogen and oxygen atoms in total. The molecule has 0 spiro atoms. The zero-order valence-electron chi connectivity index (χ0n) is 13.9. The maximum Gasteiger partial charge on any atom is 0.129 e. The number of hydrogen-bond acceptors (Lipinski definition) is 2. The summed E-state index contributed by atoms with van der Waals surface area (Å²) in [5.74, 6) is -0.283. The van der Waals surface area contributed by atoms with Crippen LogP contribution in [-0.4, -0.2) is 22.1 Å². The molecule has 2 unspecified atom stereocenters. The van der Waals surface area contributed by atoms with Gasteiger partial charge in [-0.05, 0) is 37.3 Å². The van der Waals surface area contributed by atoms with E-state index in [4.69, 9.17) is 0 Å². The molecule has 2 aromatic rings. The first-order valence-corrected chi connectivity index (χ1v) is 8.93. The van der Waals surface area contributed by atoms with Crippen molar-refractivity contribution >= 4 is 0 Å². The van der Waals surface area contributed by atoms with Gasteiger partial charge in [-0.2, -0.15) is 0 Å². The van der Waals surface area contributed by atoms with Crippen LogP contribution in [-0.2, 0) is 12.1 Å². The Morgan fingerprint density at radius 1 is 0.958 bits per heavy atom. The lowest BCUT2D eigenvalue weighted by atomic mass is 9.72. The van der Waals surface area contributed by atoms with Gasteiger partial charge in [0.25, 0.3) is 0 Å².